The van der Waals surface area contributed by atoms with Gasteiger partial charge < -0.3 is 10.1 Å². The number of benzene rings is 1. The third kappa shape index (κ3) is 4.40. The second-order valence-corrected chi connectivity index (χ2v) is 7.06. The van der Waals surface area contributed by atoms with E-state index in [-0.39, 0.29) is 5.56 Å². The molecule has 20 heavy (non-hydrogen) atoms. The van der Waals surface area contributed by atoms with E-state index >= 15 is 0 Å². The highest BCUT2D eigenvalue weighted by atomic mass is 32.2. The average molecular weight is 315 g/mol. The van der Waals surface area contributed by atoms with E-state index in [1.165, 1.54) is 36.5 Å². The van der Waals surface area contributed by atoms with Gasteiger partial charge in [0.05, 0.1) is 12.7 Å². The van der Waals surface area contributed by atoms with Gasteiger partial charge >= 0.3 is 5.97 Å². The predicted octanol–water partition coefficient (Wildman–Crippen LogP) is 2.55. The molecular weight excluding hydrogens is 297 g/mol. The zero-order chi connectivity index (χ0) is 14.4. The highest BCUT2D eigenvalue weighted by molar-refractivity contribution is 8.06. The molecule has 1 unspecified atom stereocenters. The van der Waals surface area contributed by atoms with Gasteiger partial charge in [0.2, 0.25) is 0 Å². The third-order valence-electron chi connectivity index (χ3n) is 3.02. The van der Waals surface area contributed by atoms with Gasteiger partial charge in [-0.25, -0.2) is 9.18 Å². The van der Waals surface area contributed by atoms with Crippen molar-refractivity contribution in [2.45, 2.75) is 11.8 Å². The van der Waals surface area contributed by atoms with E-state index in [2.05, 4.69) is 10.1 Å². The minimum atomic E-state index is -0.641. The van der Waals surface area contributed by atoms with Gasteiger partial charge in [-0.1, -0.05) is 6.07 Å². The molecule has 1 aliphatic heterocycles. The van der Waals surface area contributed by atoms with Crippen LogP contribution in [0.4, 0.5) is 4.39 Å². The lowest BCUT2D eigenvalue weighted by Crippen LogP contribution is -2.28. The Morgan fingerprint density at radius 2 is 2.35 bits per heavy atom. The fourth-order valence-corrected chi connectivity index (χ4v) is 4.62. The van der Waals surface area contributed by atoms with E-state index < -0.39 is 11.8 Å². The summed E-state index contributed by atoms with van der Waals surface area (Å²) in [5.74, 6) is 2.45. The molecule has 1 atom stereocenters. The van der Waals surface area contributed by atoms with E-state index in [1.807, 2.05) is 23.5 Å². The normalized spacial score (nSPS) is 18.8. The summed E-state index contributed by atoms with van der Waals surface area (Å²) < 4.78 is 18.3. The first-order chi connectivity index (χ1) is 9.70. The molecule has 0 radical (unpaired) electrons. The molecule has 0 aromatic heterocycles. The number of rotatable bonds is 5. The van der Waals surface area contributed by atoms with Crippen molar-refractivity contribution in [2.75, 3.05) is 30.9 Å². The number of hydrogen-bond donors (Lipinski definition) is 1. The summed E-state index contributed by atoms with van der Waals surface area (Å²) in [7, 11) is 1.25. The molecule has 1 fully saturated rings. The minimum absolute atomic E-state index is 0.0181. The van der Waals surface area contributed by atoms with Crippen LogP contribution in [0.3, 0.4) is 0 Å². The van der Waals surface area contributed by atoms with Gasteiger partial charge in [-0.2, -0.15) is 23.5 Å². The van der Waals surface area contributed by atoms with E-state index in [4.69, 9.17) is 0 Å². The van der Waals surface area contributed by atoms with Gasteiger partial charge in [-0.15, -0.1) is 0 Å². The Morgan fingerprint density at radius 3 is 3.00 bits per heavy atom. The van der Waals surface area contributed by atoms with Crippen LogP contribution in [0.5, 0.6) is 0 Å². The fraction of sp³-hybridized carbons (Fsp3) is 0.500. The molecule has 3 nitrogen and oxygen atoms in total. The number of nitrogens with one attached hydrogen (secondary N) is 1. The first-order valence-electron chi connectivity index (χ1n) is 6.47. The van der Waals surface area contributed by atoms with E-state index in [9.17, 15) is 9.18 Å². The van der Waals surface area contributed by atoms with Crippen LogP contribution in [0, 0.1) is 5.82 Å². The molecule has 1 heterocycles. The lowest BCUT2D eigenvalue weighted by atomic mass is 10.1. The summed E-state index contributed by atoms with van der Waals surface area (Å²) >= 11 is 3.98. The van der Waals surface area contributed by atoms with Crippen molar-refractivity contribution in [2.24, 2.45) is 0 Å². The molecule has 0 bridgehead atoms. The Hall–Kier alpha value is -0.720. The molecular formula is C14H18FNO2S2. The van der Waals surface area contributed by atoms with Crippen molar-refractivity contribution in [3.05, 3.63) is 35.1 Å². The van der Waals surface area contributed by atoms with Crippen molar-refractivity contribution in [3.8, 4) is 0 Å². The summed E-state index contributed by atoms with van der Waals surface area (Å²) in [5, 5.41) is 3.98. The van der Waals surface area contributed by atoms with Gasteiger partial charge in [0.1, 0.15) is 5.82 Å². The first kappa shape index (κ1) is 15.7. The Bertz CT molecular complexity index is 464. The topological polar surface area (TPSA) is 38.3 Å². The highest BCUT2D eigenvalue weighted by Crippen LogP contribution is 2.23. The van der Waals surface area contributed by atoms with Crippen LogP contribution < -0.4 is 5.32 Å². The molecule has 1 aliphatic rings. The maximum absolute atomic E-state index is 13.7. The number of ether oxygens (including phenoxy) is 1. The second kappa shape index (κ2) is 7.90. The number of methoxy groups -OCH3 is 1. The SMILES string of the molecule is COC(=O)c1ccc(CNCC2CSCCS2)cc1F. The molecule has 2 rings (SSSR count). The third-order valence-corrected chi connectivity index (χ3v) is 5.87. The number of esters is 1. The second-order valence-electron chi connectivity index (χ2n) is 4.50. The van der Waals surface area contributed by atoms with Crippen LogP contribution in [0.1, 0.15) is 15.9 Å². The maximum atomic E-state index is 13.7. The largest absolute Gasteiger partial charge is 0.465 e. The molecule has 0 spiro atoms. The van der Waals surface area contributed by atoms with E-state index in [0.717, 1.165) is 12.1 Å². The smallest absolute Gasteiger partial charge is 0.340 e. The number of hydrogen-bond acceptors (Lipinski definition) is 5. The minimum Gasteiger partial charge on any atom is -0.465 e. The van der Waals surface area contributed by atoms with Gasteiger partial charge in [0.25, 0.3) is 0 Å². The first-order valence-corrected chi connectivity index (χ1v) is 8.68. The molecule has 1 N–H and O–H groups in total. The molecule has 1 aromatic carbocycles. The zero-order valence-electron chi connectivity index (χ0n) is 11.4. The maximum Gasteiger partial charge on any atom is 0.340 e. The van der Waals surface area contributed by atoms with Crippen LogP contribution in [-0.2, 0) is 11.3 Å². The van der Waals surface area contributed by atoms with Crippen molar-refractivity contribution < 1.29 is 13.9 Å². The summed E-state index contributed by atoms with van der Waals surface area (Å²) in [4.78, 5) is 11.3. The highest BCUT2D eigenvalue weighted by Gasteiger charge is 2.14. The van der Waals surface area contributed by atoms with Gasteiger partial charge in [-0.3, -0.25) is 0 Å². The molecule has 0 aliphatic carbocycles. The Morgan fingerprint density at radius 1 is 1.50 bits per heavy atom. The molecule has 110 valence electrons. The van der Waals surface area contributed by atoms with Crippen molar-refractivity contribution in [3.63, 3.8) is 0 Å². The molecule has 6 heteroatoms. The fourth-order valence-electron chi connectivity index (χ4n) is 1.98. The van der Waals surface area contributed by atoms with E-state index in [0.29, 0.717) is 11.8 Å². The molecule has 1 aromatic rings. The molecule has 0 saturated carbocycles. The summed E-state index contributed by atoms with van der Waals surface area (Å²) in [6, 6.07) is 4.62. The molecule has 1 saturated heterocycles. The Balaban J connectivity index is 1.84. The van der Waals surface area contributed by atoms with Gasteiger partial charge in [-0.05, 0) is 17.7 Å². The van der Waals surface area contributed by atoms with E-state index in [1.54, 1.807) is 6.07 Å². The van der Waals surface area contributed by atoms with Gasteiger partial charge in [0.15, 0.2) is 0 Å². The monoisotopic (exact) mass is 315 g/mol. The average Bonchev–Trinajstić information content (AvgIpc) is 2.48. The van der Waals surface area contributed by atoms with Crippen molar-refractivity contribution in [1.29, 1.82) is 0 Å². The lowest BCUT2D eigenvalue weighted by molar-refractivity contribution is 0.0595. The summed E-state index contributed by atoms with van der Waals surface area (Å²) in [5.41, 5.74) is 0.819. The zero-order valence-corrected chi connectivity index (χ0v) is 13.0. The van der Waals surface area contributed by atoms with Crippen LogP contribution >= 0.6 is 23.5 Å². The number of carbonyl (C=O) groups is 1. The van der Waals surface area contributed by atoms with Crippen molar-refractivity contribution in [1.82, 2.24) is 5.32 Å². The van der Waals surface area contributed by atoms with Crippen molar-refractivity contribution >= 4 is 29.5 Å². The van der Waals surface area contributed by atoms with Crippen LogP contribution in [0.15, 0.2) is 18.2 Å². The van der Waals surface area contributed by atoms with Crippen LogP contribution in [-0.4, -0.2) is 42.1 Å². The Kier molecular flexibility index (Phi) is 6.19. The lowest BCUT2D eigenvalue weighted by Gasteiger charge is -2.21. The van der Waals surface area contributed by atoms with Crippen LogP contribution in [0.25, 0.3) is 0 Å². The molecule has 0 amide bonds. The standard InChI is InChI=1S/C14H18FNO2S2/c1-18-14(17)12-3-2-10(6-13(12)15)7-16-8-11-9-19-4-5-20-11/h2-3,6,11,16H,4-5,7-9H2,1H3. The number of carbonyl (C=O) groups excluding carboxylic acids is 1. The number of halogens is 1. The predicted molar refractivity (Wildman–Crippen MR) is 83.0 cm³/mol. The van der Waals surface area contributed by atoms with Gasteiger partial charge in [0, 0.05) is 35.6 Å². The van der Waals surface area contributed by atoms with Crippen LogP contribution in [0.2, 0.25) is 0 Å². The summed E-state index contributed by atoms with van der Waals surface area (Å²) in [6.07, 6.45) is 0. The number of thioether (sulfide) groups is 2. The Labute approximate surface area is 127 Å². The summed E-state index contributed by atoms with van der Waals surface area (Å²) in [6.45, 7) is 1.54. The quantitative estimate of drug-likeness (QED) is 0.846.